The van der Waals surface area contributed by atoms with Gasteiger partial charge in [0.1, 0.15) is 5.54 Å². The Balaban J connectivity index is 4.10. The van der Waals surface area contributed by atoms with Gasteiger partial charge in [0.05, 0.1) is 0 Å². The zero-order valence-corrected chi connectivity index (χ0v) is 10.2. The lowest BCUT2D eigenvalue weighted by molar-refractivity contribution is -0.137. The van der Waals surface area contributed by atoms with E-state index in [2.05, 4.69) is 10.6 Å². The van der Waals surface area contributed by atoms with E-state index in [-0.39, 0.29) is 12.5 Å². The summed E-state index contributed by atoms with van der Waals surface area (Å²) in [7, 11) is 0. The molecule has 1 atom stereocenters. The van der Waals surface area contributed by atoms with E-state index in [1.54, 1.807) is 6.92 Å². The second-order valence-corrected chi connectivity index (χ2v) is 4.42. The smallest absolute Gasteiger partial charge is 0.315 e. The van der Waals surface area contributed by atoms with Crippen molar-refractivity contribution < 1.29 is 19.5 Å². The normalized spacial score (nSPS) is 12.6. The monoisotopic (exact) mass is 245 g/mol. The van der Waals surface area contributed by atoms with Crippen LogP contribution in [0.2, 0.25) is 0 Å². The van der Waals surface area contributed by atoms with E-state index in [4.69, 9.17) is 10.8 Å². The number of hydrogen-bond donors (Lipinski definition) is 4. The Kier molecular flexibility index (Phi) is 5.43. The third kappa shape index (κ3) is 6.39. The maximum atomic E-state index is 11.4. The van der Waals surface area contributed by atoms with Crippen LogP contribution in [0.1, 0.15) is 33.6 Å². The van der Waals surface area contributed by atoms with Gasteiger partial charge in [-0.25, -0.2) is 4.79 Å². The second-order valence-electron chi connectivity index (χ2n) is 4.42. The SMILES string of the molecule is CC(CCC(=O)O)NC(=O)NC(C)(C)C(N)=O. The van der Waals surface area contributed by atoms with Crippen LogP contribution in [-0.4, -0.2) is 34.6 Å². The Morgan fingerprint density at radius 1 is 1.35 bits per heavy atom. The summed E-state index contributed by atoms with van der Waals surface area (Å²) in [4.78, 5) is 32.7. The minimum atomic E-state index is -1.14. The molecular weight excluding hydrogens is 226 g/mol. The number of rotatable bonds is 6. The molecule has 0 aromatic rings. The molecule has 0 saturated heterocycles. The van der Waals surface area contributed by atoms with E-state index in [0.29, 0.717) is 6.42 Å². The molecule has 0 fully saturated rings. The molecule has 98 valence electrons. The van der Waals surface area contributed by atoms with Gasteiger partial charge in [-0.3, -0.25) is 9.59 Å². The second kappa shape index (κ2) is 6.07. The molecule has 0 bridgehead atoms. The summed E-state index contributed by atoms with van der Waals surface area (Å²) in [5.74, 6) is -1.57. The first-order chi connectivity index (χ1) is 7.65. The van der Waals surface area contributed by atoms with E-state index >= 15 is 0 Å². The molecule has 0 aliphatic heterocycles. The topological polar surface area (TPSA) is 122 Å². The van der Waals surface area contributed by atoms with Crippen LogP contribution >= 0.6 is 0 Å². The van der Waals surface area contributed by atoms with Gasteiger partial charge in [0.25, 0.3) is 0 Å². The Morgan fingerprint density at radius 2 is 1.88 bits per heavy atom. The Morgan fingerprint density at radius 3 is 2.29 bits per heavy atom. The fourth-order valence-electron chi connectivity index (χ4n) is 1.02. The van der Waals surface area contributed by atoms with E-state index in [1.165, 1.54) is 13.8 Å². The molecule has 0 rings (SSSR count). The van der Waals surface area contributed by atoms with Gasteiger partial charge >= 0.3 is 12.0 Å². The Labute approximate surface area is 99.7 Å². The van der Waals surface area contributed by atoms with Crippen LogP contribution in [0.15, 0.2) is 0 Å². The third-order valence-corrected chi connectivity index (χ3v) is 2.21. The average molecular weight is 245 g/mol. The molecule has 0 heterocycles. The summed E-state index contributed by atoms with van der Waals surface area (Å²) in [6, 6.07) is -0.846. The lowest BCUT2D eigenvalue weighted by Crippen LogP contribution is -2.56. The summed E-state index contributed by atoms with van der Waals surface area (Å²) >= 11 is 0. The van der Waals surface area contributed by atoms with Crippen LogP contribution in [0.5, 0.6) is 0 Å². The number of urea groups is 1. The van der Waals surface area contributed by atoms with Crippen LogP contribution in [0.4, 0.5) is 4.79 Å². The zero-order chi connectivity index (χ0) is 13.6. The van der Waals surface area contributed by atoms with Crippen molar-refractivity contribution in [2.24, 2.45) is 5.73 Å². The molecule has 0 aromatic carbocycles. The molecule has 3 amide bonds. The van der Waals surface area contributed by atoms with Crippen LogP contribution in [0.25, 0.3) is 0 Å². The first kappa shape index (κ1) is 15.2. The molecule has 17 heavy (non-hydrogen) atoms. The summed E-state index contributed by atoms with van der Waals surface area (Å²) in [6.45, 7) is 4.65. The lowest BCUT2D eigenvalue weighted by atomic mass is 10.1. The molecule has 0 aliphatic carbocycles. The largest absolute Gasteiger partial charge is 0.481 e. The average Bonchev–Trinajstić information content (AvgIpc) is 2.13. The molecule has 0 aromatic heterocycles. The lowest BCUT2D eigenvalue weighted by Gasteiger charge is -2.23. The predicted octanol–water partition coefficient (Wildman–Crippen LogP) is -0.197. The minimum Gasteiger partial charge on any atom is -0.481 e. The highest BCUT2D eigenvalue weighted by atomic mass is 16.4. The van der Waals surface area contributed by atoms with Crippen LogP contribution < -0.4 is 16.4 Å². The van der Waals surface area contributed by atoms with Crippen molar-refractivity contribution in [1.82, 2.24) is 10.6 Å². The zero-order valence-electron chi connectivity index (χ0n) is 10.2. The third-order valence-electron chi connectivity index (χ3n) is 2.21. The number of nitrogens with one attached hydrogen (secondary N) is 2. The first-order valence-corrected chi connectivity index (χ1v) is 5.25. The summed E-state index contributed by atoms with van der Waals surface area (Å²) in [6.07, 6.45) is 0.292. The number of nitrogens with two attached hydrogens (primary N) is 1. The number of hydrogen-bond acceptors (Lipinski definition) is 3. The quantitative estimate of drug-likeness (QED) is 0.517. The number of primary amides is 1. The maximum absolute atomic E-state index is 11.4. The van der Waals surface area contributed by atoms with Gasteiger partial charge in [0, 0.05) is 12.5 Å². The number of carboxylic acid groups (broad SMARTS) is 1. The van der Waals surface area contributed by atoms with Crippen molar-refractivity contribution in [2.45, 2.75) is 45.2 Å². The molecule has 7 heteroatoms. The summed E-state index contributed by atoms with van der Waals surface area (Å²) < 4.78 is 0. The number of carboxylic acids is 1. The van der Waals surface area contributed by atoms with E-state index in [1.807, 2.05) is 0 Å². The summed E-state index contributed by atoms with van der Waals surface area (Å²) in [5, 5.41) is 13.4. The van der Waals surface area contributed by atoms with Crippen LogP contribution in [-0.2, 0) is 9.59 Å². The Hall–Kier alpha value is -1.79. The molecule has 0 saturated carbocycles. The van der Waals surface area contributed by atoms with Crippen LogP contribution in [0, 0.1) is 0 Å². The molecule has 5 N–H and O–H groups in total. The standard InChI is InChI=1S/C10H19N3O4/c1-6(4-5-7(14)15)12-9(17)13-10(2,3)8(11)16/h6H,4-5H2,1-3H3,(H2,11,16)(H,14,15)(H2,12,13,17). The van der Waals surface area contributed by atoms with Crippen molar-refractivity contribution in [3.05, 3.63) is 0 Å². The number of carbonyl (C=O) groups is 3. The van der Waals surface area contributed by atoms with Gasteiger partial charge in [0.2, 0.25) is 5.91 Å². The summed E-state index contributed by atoms with van der Waals surface area (Å²) in [5.41, 5.74) is 3.95. The highest BCUT2D eigenvalue weighted by Gasteiger charge is 2.27. The molecule has 0 spiro atoms. The van der Waals surface area contributed by atoms with Gasteiger partial charge in [-0.15, -0.1) is 0 Å². The van der Waals surface area contributed by atoms with Crippen molar-refractivity contribution in [3.8, 4) is 0 Å². The van der Waals surface area contributed by atoms with Crippen molar-refractivity contribution in [1.29, 1.82) is 0 Å². The fourth-order valence-corrected chi connectivity index (χ4v) is 1.02. The van der Waals surface area contributed by atoms with Gasteiger partial charge in [0.15, 0.2) is 0 Å². The molecule has 0 aliphatic rings. The van der Waals surface area contributed by atoms with Gasteiger partial charge < -0.3 is 21.5 Å². The molecular formula is C10H19N3O4. The predicted molar refractivity (Wildman–Crippen MR) is 61.3 cm³/mol. The first-order valence-electron chi connectivity index (χ1n) is 5.25. The van der Waals surface area contributed by atoms with E-state index in [9.17, 15) is 14.4 Å². The van der Waals surface area contributed by atoms with Gasteiger partial charge in [-0.05, 0) is 27.2 Å². The van der Waals surface area contributed by atoms with Gasteiger partial charge in [-0.1, -0.05) is 0 Å². The number of aliphatic carboxylic acids is 1. The fraction of sp³-hybridized carbons (Fsp3) is 0.700. The van der Waals surface area contributed by atoms with Crippen molar-refractivity contribution in [2.75, 3.05) is 0 Å². The Bertz CT molecular complexity index is 315. The maximum Gasteiger partial charge on any atom is 0.315 e. The highest BCUT2D eigenvalue weighted by molar-refractivity contribution is 5.89. The van der Waals surface area contributed by atoms with Crippen molar-refractivity contribution in [3.63, 3.8) is 0 Å². The highest BCUT2D eigenvalue weighted by Crippen LogP contribution is 2.01. The minimum absolute atomic E-state index is 0.0271. The van der Waals surface area contributed by atoms with Crippen molar-refractivity contribution >= 4 is 17.9 Å². The van der Waals surface area contributed by atoms with E-state index < -0.39 is 23.4 Å². The molecule has 1 unspecified atom stereocenters. The number of carbonyl (C=O) groups excluding carboxylic acids is 2. The van der Waals surface area contributed by atoms with Gasteiger partial charge in [-0.2, -0.15) is 0 Å². The molecule has 0 radical (unpaired) electrons. The van der Waals surface area contributed by atoms with Crippen LogP contribution in [0.3, 0.4) is 0 Å². The van der Waals surface area contributed by atoms with E-state index in [0.717, 1.165) is 0 Å². The number of amides is 3. The molecule has 7 nitrogen and oxygen atoms in total.